The third-order valence-electron chi connectivity index (χ3n) is 0.821. The fourth-order valence-electron chi connectivity index (χ4n) is 0.415. The van der Waals surface area contributed by atoms with Crippen molar-refractivity contribution in [2.24, 2.45) is 4.99 Å². The second-order valence-corrected chi connectivity index (χ2v) is 1.46. The van der Waals surface area contributed by atoms with Crippen LogP contribution in [0.3, 0.4) is 0 Å². The van der Waals surface area contributed by atoms with Gasteiger partial charge in [0.25, 0.3) is 0 Å². The summed E-state index contributed by atoms with van der Waals surface area (Å²) in [5.74, 6) is -0.0394. The molecule has 0 N–H and O–H groups in total. The van der Waals surface area contributed by atoms with E-state index < -0.39 is 0 Å². The lowest BCUT2D eigenvalue weighted by Gasteiger charge is -1.81. The van der Waals surface area contributed by atoms with Crippen molar-refractivity contribution in [1.29, 1.82) is 0 Å². The van der Waals surface area contributed by atoms with Crippen molar-refractivity contribution >= 4 is 12.1 Å². The van der Waals surface area contributed by atoms with Crippen LogP contribution in [0, 0.1) is 0 Å². The Kier molecular flexibility index (Phi) is 1.12. The van der Waals surface area contributed by atoms with Gasteiger partial charge in [-0.3, -0.25) is 4.79 Å². The van der Waals surface area contributed by atoms with Crippen LogP contribution in [-0.4, -0.2) is 12.1 Å². The lowest BCUT2D eigenvalue weighted by molar-refractivity contribution is -0.113. The highest BCUT2D eigenvalue weighted by Crippen LogP contribution is 1.99. The van der Waals surface area contributed by atoms with Crippen LogP contribution in [0.25, 0.3) is 0 Å². The molecule has 0 unspecified atom stereocenters. The maximum Gasteiger partial charge on any atom is 0.179 e. The summed E-state index contributed by atoms with van der Waals surface area (Å²) in [6, 6.07) is 0. The van der Waals surface area contributed by atoms with Crippen molar-refractivity contribution < 1.29 is 4.79 Å². The van der Waals surface area contributed by atoms with Crippen molar-refractivity contribution in [1.82, 2.24) is 5.32 Å². The predicted octanol–water partition coefficient (Wildman–Crippen LogP) is 0.0631. The highest BCUT2D eigenvalue weighted by Gasteiger charge is 2.03. The van der Waals surface area contributed by atoms with E-state index in [-0.39, 0.29) is 5.78 Å². The van der Waals surface area contributed by atoms with Crippen LogP contribution in [-0.2, 0) is 4.79 Å². The lowest BCUT2D eigenvalue weighted by atomic mass is 10.3. The van der Waals surface area contributed by atoms with E-state index in [1.54, 1.807) is 0 Å². The van der Waals surface area contributed by atoms with E-state index in [2.05, 4.69) is 10.3 Å². The minimum Gasteiger partial charge on any atom is -0.293 e. The number of allylic oxidation sites excluding steroid dienone is 1. The maximum absolute atomic E-state index is 10.4. The summed E-state index contributed by atoms with van der Waals surface area (Å²) in [4.78, 5) is 14.1. The third kappa shape index (κ3) is 0.753. The second kappa shape index (κ2) is 1.78. The van der Waals surface area contributed by atoms with Gasteiger partial charge in [0.1, 0.15) is 12.0 Å². The van der Waals surface area contributed by atoms with Gasteiger partial charge in [0, 0.05) is 6.92 Å². The normalized spacial score (nSPS) is 15.4. The second-order valence-electron chi connectivity index (χ2n) is 1.46. The molecule has 0 aromatic heterocycles. The van der Waals surface area contributed by atoms with E-state index in [0.717, 1.165) is 0 Å². The van der Waals surface area contributed by atoms with Crippen LogP contribution < -0.4 is 5.32 Å². The molecule has 1 aliphatic heterocycles. The van der Waals surface area contributed by atoms with Crippen LogP contribution in [0.5, 0.6) is 0 Å². The van der Waals surface area contributed by atoms with Gasteiger partial charge in [-0.15, -0.1) is 0 Å². The Morgan fingerprint density at radius 1 is 1.75 bits per heavy atom. The molecule has 3 heteroatoms. The Labute approximate surface area is 47.1 Å². The first-order chi connectivity index (χ1) is 3.80. The smallest absolute Gasteiger partial charge is 0.179 e. The highest BCUT2D eigenvalue weighted by atomic mass is 16.1. The fraction of sp³-hybridized carbons (Fsp3) is 0.200. The molecule has 0 spiro atoms. The molecule has 41 valence electrons. The van der Waals surface area contributed by atoms with Crippen molar-refractivity contribution in [3.8, 4) is 0 Å². The molecule has 8 heavy (non-hydrogen) atoms. The van der Waals surface area contributed by atoms with Crippen molar-refractivity contribution in [2.75, 3.05) is 0 Å². The quantitative estimate of drug-likeness (QED) is 0.469. The number of nitrogens with zero attached hydrogens (tertiary/aromatic N) is 2. The SMILES string of the molecule is CC(=O)C1=C[N]C=N1. The highest BCUT2D eigenvalue weighted by molar-refractivity contribution is 5.95. The summed E-state index contributed by atoms with van der Waals surface area (Å²) in [5.41, 5.74) is 0.435. The van der Waals surface area contributed by atoms with Gasteiger partial charge in [-0.05, 0) is 0 Å². The Morgan fingerprint density at radius 3 is 2.75 bits per heavy atom. The van der Waals surface area contributed by atoms with Gasteiger partial charge in [0.2, 0.25) is 0 Å². The topological polar surface area (TPSA) is 43.5 Å². The van der Waals surface area contributed by atoms with E-state index >= 15 is 0 Å². The number of carbonyl (C=O) groups is 1. The van der Waals surface area contributed by atoms with Crippen LogP contribution in [0.15, 0.2) is 16.9 Å². The van der Waals surface area contributed by atoms with Gasteiger partial charge in [0.05, 0.1) is 6.20 Å². The van der Waals surface area contributed by atoms with Crippen molar-refractivity contribution in [3.63, 3.8) is 0 Å². The number of hydrogen-bond donors (Lipinski definition) is 0. The standard InChI is InChI=1S/C5H5N2O/c1-4(8)5-2-6-3-7-5/h2-3H,1H3. The summed E-state index contributed by atoms with van der Waals surface area (Å²) >= 11 is 0. The van der Waals surface area contributed by atoms with E-state index in [1.807, 2.05) is 0 Å². The molecular formula is C5H5N2O. The largest absolute Gasteiger partial charge is 0.293 e. The van der Waals surface area contributed by atoms with Gasteiger partial charge in [-0.25, -0.2) is 10.3 Å². The zero-order valence-corrected chi connectivity index (χ0v) is 4.46. The molecule has 1 rings (SSSR count). The summed E-state index contributed by atoms with van der Waals surface area (Å²) in [6.45, 7) is 1.46. The average molecular weight is 109 g/mol. The number of Topliss-reactive ketones (excluding diaryl/α,β-unsaturated/α-hetero) is 1. The van der Waals surface area contributed by atoms with E-state index in [4.69, 9.17) is 0 Å². The Morgan fingerprint density at radius 2 is 2.50 bits per heavy atom. The Bertz CT molecular complexity index is 169. The van der Waals surface area contributed by atoms with E-state index in [0.29, 0.717) is 5.70 Å². The number of aliphatic imine (C=N–C) groups is 1. The van der Waals surface area contributed by atoms with E-state index in [9.17, 15) is 4.79 Å². The molecule has 0 fully saturated rings. The number of rotatable bonds is 1. The summed E-state index contributed by atoms with van der Waals surface area (Å²) < 4.78 is 0. The molecule has 0 saturated carbocycles. The van der Waals surface area contributed by atoms with Crippen molar-refractivity contribution in [2.45, 2.75) is 6.92 Å². The van der Waals surface area contributed by atoms with Crippen molar-refractivity contribution in [3.05, 3.63) is 11.9 Å². The zero-order chi connectivity index (χ0) is 5.98. The molecule has 0 aliphatic carbocycles. The first kappa shape index (κ1) is 5.03. The molecule has 0 saturated heterocycles. The van der Waals surface area contributed by atoms with Gasteiger partial charge in [-0.1, -0.05) is 0 Å². The van der Waals surface area contributed by atoms with Crippen LogP contribution in [0.4, 0.5) is 0 Å². The van der Waals surface area contributed by atoms with Crippen LogP contribution in [0.1, 0.15) is 6.92 Å². The summed E-state index contributed by atoms with van der Waals surface area (Å²) in [7, 11) is 0. The average Bonchev–Trinajstić information content (AvgIpc) is 2.12. The molecule has 1 heterocycles. The van der Waals surface area contributed by atoms with E-state index in [1.165, 1.54) is 19.5 Å². The van der Waals surface area contributed by atoms with Gasteiger partial charge in [0.15, 0.2) is 5.78 Å². The van der Waals surface area contributed by atoms with Crippen LogP contribution in [0.2, 0.25) is 0 Å². The van der Waals surface area contributed by atoms with Gasteiger partial charge >= 0.3 is 0 Å². The maximum atomic E-state index is 10.4. The molecule has 3 nitrogen and oxygen atoms in total. The lowest BCUT2D eigenvalue weighted by Crippen LogP contribution is -1.89. The Hall–Kier alpha value is -1.12. The monoisotopic (exact) mass is 109 g/mol. The molecule has 0 aromatic rings. The van der Waals surface area contributed by atoms with Gasteiger partial charge in [-0.2, -0.15) is 0 Å². The molecule has 0 amide bonds. The van der Waals surface area contributed by atoms with Gasteiger partial charge < -0.3 is 0 Å². The van der Waals surface area contributed by atoms with Crippen LogP contribution >= 0.6 is 0 Å². The first-order valence-corrected chi connectivity index (χ1v) is 2.24. The fourth-order valence-corrected chi connectivity index (χ4v) is 0.415. The molecule has 0 bridgehead atoms. The molecule has 0 aromatic carbocycles. The molecular weight excluding hydrogens is 104 g/mol. The minimum atomic E-state index is -0.0394. The molecule has 0 atom stereocenters. The number of ketones is 1. The number of hydrogen-bond acceptors (Lipinski definition) is 2. The Balaban J connectivity index is 2.72. The third-order valence-corrected chi connectivity index (χ3v) is 0.821. The summed E-state index contributed by atoms with van der Waals surface area (Å²) in [6.07, 6.45) is 2.80. The predicted molar refractivity (Wildman–Crippen MR) is 29.4 cm³/mol. The molecule has 1 radical (unpaired) electrons. The zero-order valence-electron chi connectivity index (χ0n) is 4.46. The minimum absolute atomic E-state index is 0.0394. The first-order valence-electron chi connectivity index (χ1n) is 2.24. The number of carbonyl (C=O) groups excluding carboxylic acids is 1. The summed E-state index contributed by atoms with van der Waals surface area (Å²) in [5, 5.41) is 3.61. The molecule has 1 aliphatic rings.